The summed E-state index contributed by atoms with van der Waals surface area (Å²) in [5.41, 5.74) is 2.58. The largest absolute Gasteiger partial charge is 0.316 e. The molecule has 0 unspecified atom stereocenters. The Morgan fingerprint density at radius 2 is 2.00 bits per heavy atom. The van der Waals surface area contributed by atoms with Gasteiger partial charge >= 0.3 is 0 Å². The van der Waals surface area contributed by atoms with Crippen LogP contribution in [0.1, 0.15) is 33.1 Å². The van der Waals surface area contributed by atoms with Gasteiger partial charge in [-0.3, -0.25) is 0 Å². The first-order valence-electron chi connectivity index (χ1n) is 5.43. The first-order chi connectivity index (χ1) is 6.76. The molecular formula is C13H23N. The van der Waals surface area contributed by atoms with Crippen molar-refractivity contribution < 1.29 is 0 Å². The summed E-state index contributed by atoms with van der Waals surface area (Å²) >= 11 is 0. The fourth-order valence-electron chi connectivity index (χ4n) is 1.23. The Kier molecular flexibility index (Phi) is 8.25. The van der Waals surface area contributed by atoms with Crippen molar-refractivity contribution in [3.05, 3.63) is 36.0 Å². The molecule has 0 aliphatic carbocycles. The smallest absolute Gasteiger partial charge is 0.0201 e. The van der Waals surface area contributed by atoms with E-state index in [0.29, 0.717) is 0 Å². The molecule has 1 nitrogen and oxygen atoms in total. The van der Waals surface area contributed by atoms with E-state index in [-0.39, 0.29) is 0 Å². The van der Waals surface area contributed by atoms with Crippen molar-refractivity contribution in [2.75, 3.05) is 13.6 Å². The predicted octanol–water partition coefficient (Wildman–Crippen LogP) is 3.45. The average Bonchev–Trinajstić information content (AvgIpc) is 2.21. The van der Waals surface area contributed by atoms with Crippen LogP contribution in [0.4, 0.5) is 0 Å². The normalized spacial score (nSPS) is 12.4. The standard InChI is InChI=1S/C13H23N/c1-5-7-8-9-10-13(11-14-4)12(3)6-2/h7-8,10,14H,3,5-6,9,11H2,1-2,4H3/b8-7-,13-10-. The molecule has 0 amide bonds. The van der Waals surface area contributed by atoms with Gasteiger partial charge in [0.2, 0.25) is 0 Å². The van der Waals surface area contributed by atoms with E-state index in [1.165, 1.54) is 11.1 Å². The SMILES string of the molecule is C=C(CC)/C(=C\C/C=C\CC)CNC. The van der Waals surface area contributed by atoms with Crippen molar-refractivity contribution in [3.63, 3.8) is 0 Å². The van der Waals surface area contributed by atoms with Crippen LogP contribution < -0.4 is 5.32 Å². The van der Waals surface area contributed by atoms with Crippen molar-refractivity contribution in [2.45, 2.75) is 33.1 Å². The van der Waals surface area contributed by atoms with E-state index in [1.54, 1.807) is 0 Å². The minimum absolute atomic E-state index is 0.923. The van der Waals surface area contributed by atoms with Gasteiger partial charge in [0.05, 0.1) is 0 Å². The van der Waals surface area contributed by atoms with E-state index in [4.69, 9.17) is 0 Å². The number of allylic oxidation sites excluding steroid dienone is 3. The Balaban J connectivity index is 4.17. The second kappa shape index (κ2) is 8.76. The number of hydrogen-bond donors (Lipinski definition) is 1. The van der Waals surface area contributed by atoms with Crippen LogP contribution in [0.15, 0.2) is 36.0 Å². The summed E-state index contributed by atoms with van der Waals surface area (Å²) in [4.78, 5) is 0. The Hall–Kier alpha value is -0.820. The van der Waals surface area contributed by atoms with Crippen LogP contribution in [0, 0.1) is 0 Å². The third-order valence-corrected chi connectivity index (χ3v) is 2.15. The van der Waals surface area contributed by atoms with Crippen molar-refractivity contribution >= 4 is 0 Å². The molecule has 0 fully saturated rings. The maximum atomic E-state index is 4.06. The summed E-state index contributed by atoms with van der Waals surface area (Å²) in [5, 5.41) is 3.17. The molecule has 0 atom stereocenters. The average molecular weight is 193 g/mol. The van der Waals surface area contributed by atoms with Gasteiger partial charge in [-0.15, -0.1) is 0 Å². The summed E-state index contributed by atoms with van der Waals surface area (Å²) in [7, 11) is 1.97. The van der Waals surface area contributed by atoms with Gasteiger partial charge in [-0.2, -0.15) is 0 Å². The van der Waals surface area contributed by atoms with Gasteiger partial charge in [-0.25, -0.2) is 0 Å². The lowest BCUT2D eigenvalue weighted by atomic mass is 10.0. The highest BCUT2D eigenvalue weighted by Crippen LogP contribution is 2.11. The Bertz CT molecular complexity index is 211. The molecule has 1 heteroatoms. The molecule has 0 rings (SSSR count). The zero-order chi connectivity index (χ0) is 10.8. The molecule has 80 valence electrons. The molecule has 0 saturated heterocycles. The Morgan fingerprint density at radius 3 is 2.50 bits per heavy atom. The fourth-order valence-corrected chi connectivity index (χ4v) is 1.23. The first-order valence-corrected chi connectivity index (χ1v) is 5.43. The van der Waals surface area contributed by atoms with Gasteiger partial charge in [0, 0.05) is 6.54 Å². The molecule has 0 aromatic rings. The molecule has 0 aromatic heterocycles. The lowest BCUT2D eigenvalue weighted by Crippen LogP contribution is -2.11. The zero-order valence-electron chi connectivity index (χ0n) is 9.77. The first kappa shape index (κ1) is 13.2. The maximum absolute atomic E-state index is 4.06. The van der Waals surface area contributed by atoms with E-state index in [9.17, 15) is 0 Å². The van der Waals surface area contributed by atoms with Crippen LogP contribution in [-0.4, -0.2) is 13.6 Å². The third-order valence-electron chi connectivity index (χ3n) is 2.15. The Morgan fingerprint density at radius 1 is 1.29 bits per heavy atom. The number of likely N-dealkylation sites (N-methyl/N-ethyl adjacent to an activating group) is 1. The number of rotatable bonds is 7. The van der Waals surface area contributed by atoms with E-state index in [1.807, 2.05) is 7.05 Å². The number of nitrogens with one attached hydrogen (secondary N) is 1. The fraction of sp³-hybridized carbons (Fsp3) is 0.538. The third kappa shape index (κ3) is 5.76. The molecule has 0 bridgehead atoms. The lowest BCUT2D eigenvalue weighted by Gasteiger charge is -2.07. The van der Waals surface area contributed by atoms with Gasteiger partial charge in [0.25, 0.3) is 0 Å². The lowest BCUT2D eigenvalue weighted by molar-refractivity contribution is 0.870. The second-order valence-corrected chi connectivity index (χ2v) is 3.33. The van der Waals surface area contributed by atoms with Crippen LogP contribution in [0.25, 0.3) is 0 Å². The topological polar surface area (TPSA) is 12.0 Å². The van der Waals surface area contributed by atoms with Gasteiger partial charge in [0.1, 0.15) is 0 Å². The van der Waals surface area contributed by atoms with Crippen LogP contribution in [0.2, 0.25) is 0 Å². The summed E-state index contributed by atoms with van der Waals surface area (Å²) in [5.74, 6) is 0. The molecule has 14 heavy (non-hydrogen) atoms. The Labute approximate surface area is 88.6 Å². The second-order valence-electron chi connectivity index (χ2n) is 3.33. The quantitative estimate of drug-likeness (QED) is 0.482. The van der Waals surface area contributed by atoms with Crippen molar-refractivity contribution in [1.29, 1.82) is 0 Å². The van der Waals surface area contributed by atoms with Crippen LogP contribution in [0.3, 0.4) is 0 Å². The summed E-state index contributed by atoms with van der Waals surface area (Å²) in [6.07, 6.45) is 9.83. The summed E-state index contributed by atoms with van der Waals surface area (Å²) in [6, 6.07) is 0. The molecule has 1 N–H and O–H groups in total. The maximum Gasteiger partial charge on any atom is 0.0201 e. The molecule has 0 aromatic carbocycles. The van der Waals surface area contributed by atoms with Crippen LogP contribution in [-0.2, 0) is 0 Å². The van der Waals surface area contributed by atoms with Crippen molar-refractivity contribution in [3.8, 4) is 0 Å². The molecule has 0 saturated carbocycles. The van der Waals surface area contributed by atoms with Crippen molar-refractivity contribution in [1.82, 2.24) is 5.32 Å². The van der Waals surface area contributed by atoms with E-state index in [2.05, 4.69) is 44.0 Å². The molecule has 0 spiro atoms. The minimum Gasteiger partial charge on any atom is -0.316 e. The van der Waals surface area contributed by atoms with E-state index < -0.39 is 0 Å². The van der Waals surface area contributed by atoms with Crippen LogP contribution >= 0.6 is 0 Å². The highest BCUT2D eigenvalue weighted by atomic mass is 14.8. The highest BCUT2D eigenvalue weighted by molar-refractivity contribution is 5.29. The summed E-state index contributed by atoms with van der Waals surface area (Å²) in [6.45, 7) is 9.28. The van der Waals surface area contributed by atoms with Gasteiger partial charge in [0.15, 0.2) is 0 Å². The van der Waals surface area contributed by atoms with Crippen LogP contribution in [0.5, 0.6) is 0 Å². The molecule has 0 aliphatic rings. The monoisotopic (exact) mass is 193 g/mol. The number of hydrogen-bond acceptors (Lipinski definition) is 1. The minimum atomic E-state index is 0.923. The van der Waals surface area contributed by atoms with Gasteiger partial charge in [-0.1, -0.05) is 44.2 Å². The predicted molar refractivity (Wildman–Crippen MR) is 65.5 cm³/mol. The highest BCUT2D eigenvalue weighted by Gasteiger charge is 1.97. The van der Waals surface area contributed by atoms with E-state index in [0.717, 1.165) is 25.8 Å². The molecular weight excluding hydrogens is 170 g/mol. The molecule has 0 aliphatic heterocycles. The molecule has 0 radical (unpaired) electrons. The molecule has 0 heterocycles. The van der Waals surface area contributed by atoms with Crippen molar-refractivity contribution in [2.24, 2.45) is 0 Å². The zero-order valence-corrected chi connectivity index (χ0v) is 9.77. The van der Waals surface area contributed by atoms with Gasteiger partial charge < -0.3 is 5.32 Å². The van der Waals surface area contributed by atoms with Gasteiger partial charge in [-0.05, 0) is 31.9 Å². The summed E-state index contributed by atoms with van der Waals surface area (Å²) < 4.78 is 0. The van der Waals surface area contributed by atoms with E-state index >= 15 is 0 Å².